The Labute approximate surface area is 195 Å². The lowest BCUT2D eigenvalue weighted by Crippen LogP contribution is -2.30. The third kappa shape index (κ3) is 6.26. The molecule has 9 heteroatoms. The van der Waals surface area contributed by atoms with Gasteiger partial charge in [-0.3, -0.25) is 19.7 Å². The zero-order valence-corrected chi connectivity index (χ0v) is 18.6. The molecule has 2 N–H and O–H groups in total. The highest BCUT2D eigenvalue weighted by Gasteiger charge is 2.22. The van der Waals surface area contributed by atoms with Gasteiger partial charge in [0.25, 0.3) is 11.6 Å². The molecule has 0 radical (unpaired) electrons. The Morgan fingerprint density at radius 1 is 0.971 bits per heavy atom. The predicted octanol–water partition coefficient (Wildman–Crippen LogP) is 4.59. The number of rotatable bonds is 9. The quantitative estimate of drug-likeness (QED) is 0.206. The number of nitrogens with zero attached hydrogens (tertiary/aromatic N) is 1. The lowest BCUT2D eigenvalue weighted by molar-refractivity contribution is -0.384. The SMILES string of the molecule is CC(=O)c1cccc(NC(=O)C(C)OC(=O)c2ccc(NCc3ccccc3)c([N+](=O)[O-])c2)c1. The number of carbonyl (C=O) groups is 3. The number of nitrogens with one attached hydrogen (secondary N) is 2. The second-order valence-corrected chi connectivity index (χ2v) is 7.50. The minimum Gasteiger partial charge on any atom is -0.449 e. The highest BCUT2D eigenvalue weighted by Crippen LogP contribution is 2.27. The smallest absolute Gasteiger partial charge is 0.339 e. The summed E-state index contributed by atoms with van der Waals surface area (Å²) in [6.45, 7) is 3.16. The van der Waals surface area contributed by atoms with E-state index in [1.807, 2.05) is 30.3 Å². The van der Waals surface area contributed by atoms with E-state index >= 15 is 0 Å². The minimum atomic E-state index is -1.18. The predicted molar refractivity (Wildman–Crippen MR) is 127 cm³/mol. The first kappa shape index (κ1) is 24.1. The first-order chi connectivity index (χ1) is 16.2. The first-order valence-corrected chi connectivity index (χ1v) is 10.4. The van der Waals surface area contributed by atoms with E-state index in [0.717, 1.165) is 11.6 Å². The molecule has 0 spiro atoms. The Bertz CT molecular complexity index is 1230. The van der Waals surface area contributed by atoms with E-state index in [2.05, 4.69) is 10.6 Å². The maximum Gasteiger partial charge on any atom is 0.339 e. The summed E-state index contributed by atoms with van der Waals surface area (Å²) in [5.74, 6) is -1.64. The molecule has 1 amide bonds. The summed E-state index contributed by atoms with van der Waals surface area (Å²) < 4.78 is 5.19. The van der Waals surface area contributed by atoms with E-state index in [-0.39, 0.29) is 22.7 Å². The number of Topliss-reactive ketones (excluding diaryl/α,β-unsaturated/α-hetero) is 1. The Hall–Kier alpha value is -4.53. The van der Waals surface area contributed by atoms with Crippen molar-refractivity contribution in [2.75, 3.05) is 10.6 Å². The number of hydrogen-bond donors (Lipinski definition) is 2. The van der Waals surface area contributed by atoms with Crippen LogP contribution in [0.25, 0.3) is 0 Å². The van der Waals surface area contributed by atoms with Crippen LogP contribution in [0.2, 0.25) is 0 Å². The van der Waals surface area contributed by atoms with Crippen molar-refractivity contribution < 1.29 is 24.0 Å². The molecule has 3 rings (SSSR count). The molecule has 0 aliphatic rings. The fourth-order valence-electron chi connectivity index (χ4n) is 3.09. The standard InChI is InChI=1S/C25H23N3O6/c1-16(29)19-9-6-10-21(13-19)27-24(30)17(2)34-25(31)20-11-12-22(23(14-20)28(32)33)26-15-18-7-4-3-5-8-18/h3-14,17,26H,15H2,1-2H3,(H,27,30). The Kier molecular flexibility index (Phi) is 7.71. The molecular formula is C25H23N3O6. The van der Waals surface area contributed by atoms with Gasteiger partial charge in [0.2, 0.25) is 0 Å². The van der Waals surface area contributed by atoms with Crippen LogP contribution in [-0.4, -0.2) is 28.7 Å². The largest absolute Gasteiger partial charge is 0.449 e. The van der Waals surface area contributed by atoms with Gasteiger partial charge in [-0.15, -0.1) is 0 Å². The van der Waals surface area contributed by atoms with Gasteiger partial charge < -0.3 is 15.4 Å². The molecule has 0 heterocycles. The molecule has 0 aliphatic heterocycles. The average Bonchev–Trinajstić information content (AvgIpc) is 2.83. The van der Waals surface area contributed by atoms with Crippen LogP contribution in [0.4, 0.5) is 17.1 Å². The number of ketones is 1. The van der Waals surface area contributed by atoms with E-state index in [4.69, 9.17) is 4.74 Å². The van der Waals surface area contributed by atoms with E-state index in [0.29, 0.717) is 17.8 Å². The van der Waals surface area contributed by atoms with Crippen molar-refractivity contribution in [3.8, 4) is 0 Å². The number of anilines is 2. The molecule has 34 heavy (non-hydrogen) atoms. The fourth-order valence-corrected chi connectivity index (χ4v) is 3.09. The van der Waals surface area contributed by atoms with Crippen molar-refractivity contribution >= 4 is 34.7 Å². The highest BCUT2D eigenvalue weighted by atomic mass is 16.6. The number of amides is 1. The van der Waals surface area contributed by atoms with Crippen molar-refractivity contribution in [3.63, 3.8) is 0 Å². The molecule has 1 unspecified atom stereocenters. The number of nitro groups is 1. The zero-order valence-electron chi connectivity index (χ0n) is 18.6. The molecule has 9 nitrogen and oxygen atoms in total. The van der Waals surface area contributed by atoms with Crippen molar-refractivity contribution in [3.05, 3.63) is 99.6 Å². The minimum absolute atomic E-state index is 0.0600. The summed E-state index contributed by atoms with van der Waals surface area (Å²) in [5, 5.41) is 17.1. The summed E-state index contributed by atoms with van der Waals surface area (Å²) in [7, 11) is 0. The van der Waals surface area contributed by atoms with Crippen LogP contribution in [0.1, 0.15) is 40.1 Å². The third-order valence-corrected chi connectivity index (χ3v) is 4.95. The summed E-state index contributed by atoms with van der Waals surface area (Å²) in [6.07, 6.45) is -1.18. The number of benzene rings is 3. The van der Waals surface area contributed by atoms with Crippen LogP contribution < -0.4 is 10.6 Å². The van der Waals surface area contributed by atoms with E-state index in [1.54, 1.807) is 18.2 Å². The second kappa shape index (κ2) is 10.9. The summed E-state index contributed by atoms with van der Waals surface area (Å²) >= 11 is 0. The lowest BCUT2D eigenvalue weighted by atomic mass is 10.1. The molecule has 0 aromatic heterocycles. The van der Waals surface area contributed by atoms with Crippen molar-refractivity contribution in [2.45, 2.75) is 26.5 Å². The monoisotopic (exact) mass is 461 g/mol. The molecule has 0 saturated carbocycles. The normalized spacial score (nSPS) is 11.2. The summed E-state index contributed by atoms with van der Waals surface area (Å²) in [5.41, 5.74) is 1.65. The molecule has 3 aromatic rings. The molecular weight excluding hydrogens is 438 g/mol. The van der Waals surface area contributed by atoms with Gasteiger partial charge in [-0.2, -0.15) is 0 Å². The first-order valence-electron chi connectivity index (χ1n) is 10.4. The molecule has 174 valence electrons. The van der Waals surface area contributed by atoms with Crippen LogP contribution in [0, 0.1) is 10.1 Å². The molecule has 0 bridgehead atoms. The molecule has 0 saturated heterocycles. The zero-order chi connectivity index (χ0) is 24.7. The molecule has 1 atom stereocenters. The van der Waals surface area contributed by atoms with Crippen molar-refractivity contribution in [1.82, 2.24) is 0 Å². The third-order valence-electron chi connectivity index (χ3n) is 4.95. The average molecular weight is 461 g/mol. The van der Waals surface area contributed by atoms with Gasteiger partial charge in [0, 0.05) is 23.9 Å². The van der Waals surface area contributed by atoms with E-state index < -0.39 is 22.9 Å². The van der Waals surface area contributed by atoms with Gasteiger partial charge in [-0.1, -0.05) is 42.5 Å². The van der Waals surface area contributed by atoms with Gasteiger partial charge in [-0.25, -0.2) is 4.79 Å². The second-order valence-electron chi connectivity index (χ2n) is 7.50. The lowest BCUT2D eigenvalue weighted by Gasteiger charge is -2.14. The number of esters is 1. The van der Waals surface area contributed by atoms with Crippen molar-refractivity contribution in [2.24, 2.45) is 0 Å². The van der Waals surface area contributed by atoms with Gasteiger partial charge >= 0.3 is 5.97 Å². The Morgan fingerprint density at radius 2 is 1.71 bits per heavy atom. The summed E-state index contributed by atoms with van der Waals surface area (Å²) in [6, 6.07) is 19.6. The number of nitro benzene ring substituents is 1. The molecule has 0 aliphatic carbocycles. The van der Waals surface area contributed by atoms with Crippen LogP contribution in [0.5, 0.6) is 0 Å². The molecule has 3 aromatic carbocycles. The van der Waals surface area contributed by atoms with Crippen LogP contribution in [0.3, 0.4) is 0 Å². The van der Waals surface area contributed by atoms with Gasteiger partial charge in [0.15, 0.2) is 11.9 Å². The Morgan fingerprint density at radius 3 is 2.38 bits per heavy atom. The maximum atomic E-state index is 12.5. The van der Waals surface area contributed by atoms with E-state index in [9.17, 15) is 24.5 Å². The van der Waals surface area contributed by atoms with Gasteiger partial charge in [-0.05, 0) is 43.7 Å². The maximum absolute atomic E-state index is 12.5. The molecule has 0 fully saturated rings. The highest BCUT2D eigenvalue weighted by molar-refractivity contribution is 5.99. The van der Waals surface area contributed by atoms with Gasteiger partial charge in [0.05, 0.1) is 10.5 Å². The van der Waals surface area contributed by atoms with E-state index in [1.165, 1.54) is 32.0 Å². The summed E-state index contributed by atoms with van der Waals surface area (Å²) in [4.78, 5) is 47.4. The number of hydrogen-bond acceptors (Lipinski definition) is 7. The fraction of sp³-hybridized carbons (Fsp3) is 0.160. The van der Waals surface area contributed by atoms with Crippen molar-refractivity contribution in [1.29, 1.82) is 0 Å². The number of carbonyl (C=O) groups excluding carboxylic acids is 3. The topological polar surface area (TPSA) is 128 Å². The Balaban J connectivity index is 1.66. The number of ether oxygens (including phenoxy) is 1. The van der Waals surface area contributed by atoms with Gasteiger partial charge in [0.1, 0.15) is 5.69 Å². The van der Waals surface area contributed by atoms with Crippen LogP contribution in [0.15, 0.2) is 72.8 Å². The van der Waals surface area contributed by atoms with Crippen LogP contribution in [-0.2, 0) is 16.1 Å². The van der Waals surface area contributed by atoms with Crippen LogP contribution >= 0.6 is 0 Å².